The van der Waals surface area contributed by atoms with Crippen molar-refractivity contribution in [3.05, 3.63) is 85.9 Å². The number of amides is 2. The fourth-order valence-electron chi connectivity index (χ4n) is 5.48. The fourth-order valence-corrected chi connectivity index (χ4v) is 5.48. The number of pyridine rings is 1. The zero-order valence-corrected chi connectivity index (χ0v) is 24.4. The van der Waals surface area contributed by atoms with E-state index in [4.69, 9.17) is 4.74 Å². The highest BCUT2D eigenvalue weighted by atomic mass is 19.1. The summed E-state index contributed by atoms with van der Waals surface area (Å²) in [6, 6.07) is 8.83. The molecule has 12 heteroatoms. The smallest absolute Gasteiger partial charge is 0.332 e. The number of aliphatic imine (C=N–C) groups is 1. The number of hydrogen-bond donors (Lipinski definition) is 0. The third-order valence-electron chi connectivity index (χ3n) is 7.72. The molecule has 2 aliphatic rings. The van der Waals surface area contributed by atoms with Crippen LogP contribution in [0.15, 0.2) is 57.2 Å². The lowest BCUT2D eigenvalue weighted by Gasteiger charge is -2.24. The van der Waals surface area contributed by atoms with Crippen molar-refractivity contribution in [1.29, 1.82) is 0 Å². The van der Waals surface area contributed by atoms with Crippen LogP contribution in [0.3, 0.4) is 0 Å². The van der Waals surface area contributed by atoms with E-state index < -0.39 is 11.5 Å². The van der Waals surface area contributed by atoms with Gasteiger partial charge in [0.25, 0.3) is 11.5 Å². The minimum Gasteiger partial charge on any atom is -0.383 e. The number of carbonyl (C=O) groups excluding carboxylic acids is 2. The van der Waals surface area contributed by atoms with Crippen molar-refractivity contribution in [3.63, 3.8) is 0 Å². The van der Waals surface area contributed by atoms with Crippen LogP contribution < -0.4 is 16.1 Å². The maximum atomic E-state index is 13.5. The average molecular weight is 591 g/mol. The van der Waals surface area contributed by atoms with E-state index in [1.54, 1.807) is 30.3 Å². The van der Waals surface area contributed by atoms with Crippen LogP contribution in [0.5, 0.6) is 0 Å². The van der Waals surface area contributed by atoms with E-state index in [9.17, 15) is 23.6 Å². The lowest BCUT2D eigenvalue weighted by atomic mass is 10.1. The summed E-state index contributed by atoms with van der Waals surface area (Å²) in [5, 5.41) is 0. The minimum absolute atomic E-state index is 0.117. The van der Waals surface area contributed by atoms with Gasteiger partial charge < -0.3 is 9.64 Å². The minimum atomic E-state index is -0.439. The molecule has 2 amide bonds. The maximum absolute atomic E-state index is 13.5. The van der Waals surface area contributed by atoms with E-state index in [0.717, 1.165) is 6.42 Å². The van der Waals surface area contributed by atoms with Crippen LogP contribution in [0.4, 0.5) is 16.0 Å². The van der Waals surface area contributed by atoms with Crippen molar-refractivity contribution >= 4 is 29.2 Å². The number of ether oxygens (including phenoxy) is 1. The van der Waals surface area contributed by atoms with Gasteiger partial charge in [0.1, 0.15) is 17.5 Å². The Morgan fingerprint density at radius 2 is 1.84 bits per heavy atom. The molecule has 226 valence electrons. The van der Waals surface area contributed by atoms with E-state index in [0.29, 0.717) is 86.1 Å². The Hall–Kier alpha value is -4.45. The summed E-state index contributed by atoms with van der Waals surface area (Å²) in [4.78, 5) is 64.4. The van der Waals surface area contributed by atoms with Gasteiger partial charge in [-0.2, -0.15) is 0 Å². The predicted molar refractivity (Wildman–Crippen MR) is 160 cm³/mol. The molecule has 0 unspecified atom stereocenters. The summed E-state index contributed by atoms with van der Waals surface area (Å²) in [7, 11) is 1.55. The molecule has 5 rings (SSSR count). The number of anilines is 1. The largest absolute Gasteiger partial charge is 0.383 e. The number of benzene rings is 1. The second-order valence-corrected chi connectivity index (χ2v) is 10.6. The number of likely N-dealkylation sites (tertiary alicyclic amines) is 1. The highest BCUT2D eigenvalue weighted by Crippen LogP contribution is 2.26. The molecule has 0 bridgehead atoms. The summed E-state index contributed by atoms with van der Waals surface area (Å²) in [5.41, 5.74) is 1.27. The third-order valence-corrected chi connectivity index (χ3v) is 7.72. The standard InChI is InChI=1S/C31H35FN6O5/c1-3-13-38-30(41)24-19-25(34-28(24)37(31(38)42)17-18-43-2)22-9-12-26(33-20-22)36(16-5-15-35-14-4-6-27(35)39)29(40)21-7-10-23(32)11-8-21/h7-12,20H,3-6,13-19H2,1-2H3. The lowest BCUT2D eigenvalue weighted by molar-refractivity contribution is -0.127. The van der Waals surface area contributed by atoms with Crippen molar-refractivity contribution in [2.24, 2.45) is 4.99 Å². The number of carbonyl (C=O) groups is 2. The van der Waals surface area contributed by atoms with Gasteiger partial charge in [-0.3, -0.25) is 28.4 Å². The SMILES string of the molecule is CCCn1c(=O)c2c(n(CCOC)c1=O)N=C(c1ccc(N(CCCN3CCCC3=O)C(=O)c3ccc(F)cc3)nc1)C2. The fraction of sp³-hybridized carbons (Fsp3) is 0.419. The Balaban J connectivity index is 1.41. The lowest BCUT2D eigenvalue weighted by Crippen LogP contribution is -2.41. The Labute approximate surface area is 248 Å². The molecule has 0 spiro atoms. The molecule has 0 atom stereocenters. The monoisotopic (exact) mass is 590 g/mol. The molecule has 43 heavy (non-hydrogen) atoms. The topological polar surface area (TPSA) is 119 Å². The van der Waals surface area contributed by atoms with Gasteiger partial charge in [-0.15, -0.1) is 0 Å². The number of fused-ring (bicyclic) bond motifs is 1. The quantitative estimate of drug-likeness (QED) is 0.320. The first-order chi connectivity index (χ1) is 20.8. The highest BCUT2D eigenvalue weighted by Gasteiger charge is 2.27. The number of nitrogens with zero attached hydrogens (tertiary/aromatic N) is 6. The molecule has 2 aliphatic heterocycles. The van der Waals surface area contributed by atoms with E-state index in [1.807, 2.05) is 6.92 Å². The predicted octanol–water partition coefficient (Wildman–Crippen LogP) is 2.94. The first-order valence-corrected chi connectivity index (χ1v) is 14.6. The van der Waals surface area contributed by atoms with E-state index in [-0.39, 0.29) is 30.3 Å². The summed E-state index contributed by atoms with van der Waals surface area (Å²) in [6.45, 7) is 4.32. The van der Waals surface area contributed by atoms with Gasteiger partial charge in [0.2, 0.25) is 5.91 Å². The summed E-state index contributed by atoms with van der Waals surface area (Å²) >= 11 is 0. The second kappa shape index (κ2) is 13.2. The number of hydrogen-bond acceptors (Lipinski definition) is 7. The molecule has 3 aromatic rings. The van der Waals surface area contributed by atoms with E-state index in [1.165, 1.54) is 38.3 Å². The molecule has 11 nitrogen and oxygen atoms in total. The average Bonchev–Trinajstić information content (AvgIpc) is 3.64. The zero-order valence-electron chi connectivity index (χ0n) is 24.4. The molecule has 0 N–H and O–H groups in total. The summed E-state index contributed by atoms with van der Waals surface area (Å²) in [6.07, 6.45) is 4.41. The van der Waals surface area contributed by atoms with Crippen LogP contribution in [-0.4, -0.2) is 69.9 Å². The summed E-state index contributed by atoms with van der Waals surface area (Å²) in [5.74, 6) is 0.0707. The van der Waals surface area contributed by atoms with Gasteiger partial charge >= 0.3 is 5.69 Å². The molecule has 0 radical (unpaired) electrons. The van der Waals surface area contributed by atoms with Gasteiger partial charge in [-0.25, -0.2) is 19.2 Å². The number of methoxy groups -OCH3 is 1. The van der Waals surface area contributed by atoms with E-state index >= 15 is 0 Å². The first kappa shape index (κ1) is 30.0. The van der Waals surface area contributed by atoms with Crippen LogP contribution in [0.2, 0.25) is 0 Å². The van der Waals surface area contributed by atoms with Crippen molar-refractivity contribution in [1.82, 2.24) is 19.0 Å². The normalized spacial score (nSPS) is 14.3. The van der Waals surface area contributed by atoms with Crippen molar-refractivity contribution in [2.45, 2.75) is 52.1 Å². The maximum Gasteiger partial charge on any atom is 0.332 e. The Bertz CT molecular complexity index is 1650. The molecule has 0 aliphatic carbocycles. The van der Waals surface area contributed by atoms with Gasteiger partial charge in [-0.1, -0.05) is 6.92 Å². The molecule has 1 saturated heterocycles. The van der Waals surface area contributed by atoms with Crippen LogP contribution in [0.25, 0.3) is 0 Å². The molecule has 0 saturated carbocycles. The van der Waals surface area contributed by atoms with Crippen molar-refractivity contribution in [3.8, 4) is 0 Å². The molecular weight excluding hydrogens is 555 g/mol. The summed E-state index contributed by atoms with van der Waals surface area (Å²) < 4.78 is 21.5. The van der Waals surface area contributed by atoms with Gasteiger partial charge in [0.15, 0.2) is 0 Å². The Morgan fingerprint density at radius 1 is 1.05 bits per heavy atom. The van der Waals surface area contributed by atoms with E-state index in [2.05, 4.69) is 9.98 Å². The number of halogens is 1. The Morgan fingerprint density at radius 3 is 2.49 bits per heavy atom. The van der Waals surface area contributed by atoms with Gasteiger partial charge in [0, 0.05) is 63.5 Å². The third kappa shape index (κ3) is 6.34. The molecular formula is C31H35FN6O5. The Kier molecular flexibility index (Phi) is 9.24. The molecule has 1 fully saturated rings. The van der Waals surface area contributed by atoms with Crippen LogP contribution in [0.1, 0.15) is 54.1 Å². The first-order valence-electron chi connectivity index (χ1n) is 14.6. The van der Waals surface area contributed by atoms with Gasteiger partial charge in [0.05, 0.1) is 24.4 Å². The van der Waals surface area contributed by atoms with Gasteiger partial charge in [-0.05, 0) is 55.7 Å². The van der Waals surface area contributed by atoms with Crippen LogP contribution in [0, 0.1) is 5.82 Å². The molecule has 4 heterocycles. The number of rotatable bonds is 12. The van der Waals surface area contributed by atoms with Crippen LogP contribution >= 0.6 is 0 Å². The van der Waals surface area contributed by atoms with Crippen LogP contribution in [-0.2, 0) is 29.0 Å². The zero-order chi connectivity index (χ0) is 30.5. The highest BCUT2D eigenvalue weighted by molar-refractivity contribution is 6.07. The second-order valence-electron chi connectivity index (χ2n) is 10.6. The molecule has 2 aromatic heterocycles. The number of aromatic nitrogens is 3. The van der Waals surface area contributed by atoms with Crippen molar-refractivity contribution in [2.75, 3.05) is 38.3 Å². The van der Waals surface area contributed by atoms with Crippen molar-refractivity contribution < 1.29 is 18.7 Å². The molecule has 1 aromatic carbocycles.